The first-order chi connectivity index (χ1) is 12.6. The molecule has 130 valence electrons. The first kappa shape index (κ1) is 16.4. The monoisotopic (exact) mass is 348 g/mol. The van der Waals surface area contributed by atoms with E-state index in [2.05, 4.69) is 15.3 Å². The number of halogens is 1. The van der Waals surface area contributed by atoms with Gasteiger partial charge in [0.25, 0.3) is 0 Å². The lowest BCUT2D eigenvalue weighted by molar-refractivity contribution is 0.195. The van der Waals surface area contributed by atoms with Gasteiger partial charge >= 0.3 is 0 Å². The summed E-state index contributed by atoms with van der Waals surface area (Å²) >= 11 is 0. The molecule has 6 heteroatoms. The molecule has 5 nitrogen and oxygen atoms in total. The Labute approximate surface area is 149 Å². The van der Waals surface area contributed by atoms with Crippen molar-refractivity contribution >= 4 is 10.9 Å². The SMILES string of the molecule is CC(O)c1cc(-c2ccc(F)cc2)c2ccc(Cn3ccnn3)cc2n1. The highest BCUT2D eigenvalue weighted by molar-refractivity contribution is 5.95. The summed E-state index contributed by atoms with van der Waals surface area (Å²) in [5.74, 6) is -0.280. The third kappa shape index (κ3) is 3.19. The summed E-state index contributed by atoms with van der Waals surface area (Å²) in [5.41, 5.74) is 4.18. The highest BCUT2D eigenvalue weighted by atomic mass is 19.1. The topological polar surface area (TPSA) is 63.8 Å². The number of aliphatic hydroxyl groups is 1. The van der Waals surface area contributed by atoms with Crippen molar-refractivity contribution in [3.8, 4) is 11.1 Å². The average molecular weight is 348 g/mol. The molecular formula is C20H17FN4O. The van der Waals surface area contributed by atoms with Crippen LogP contribution in [0.1, 0.15) is 24.3 Å². The zero-order chi connectivity index (χ0) is 18.1. The van der Waals surface area contributed by atoms with Gasteiger partial charge < -0.3 is 5.11 Å². The lowest BCUT2D eigenvalue weighted by Crippen LogP contribution is -2.02. The molecule has 4 aromatic rings. The van der Waals surface area contributed by atoms with Crippen LogP contribution in [0.2, 0.25) is 0 Å². The summed E-state index contributed by atoms with van der Waals surface area (Å²) in [6, 6.07) is 14.2. The quantitative estimate of drug-likeness (QED) is 0.610. The number of fused-ring (bicyclic) bond motifs is 1. The van der Waals surface area contributed by atoms with E-state index in [1.54, 1.807) is 36.1 Å². The van der Waals surface area contributed by atoms with E-state index >= 15 is 0 Å². The number of hydrogen-bond acceptors (Lipinski definition) is 4. The van der Waals surface area contributed by atoms with Gasteiger partial charge in [0.05, 0.1) is 30.1 Å². The van der Waals surface area contributed by atoms with Crippen LogP contribution in [0.4, 0.5) is 4.39 Å². The fourth-order valence-electron chi connectivity index (χ4n) is 2.98. The number of rotatable bonds is 4. The molecule has 0 radical (unpaired) electrons. The van der Waals surface area contributed by atoms with E-state index in [0.717, 1.165) is 27.6 Å². The molecular weight excluding hydrogens is 331 g/mol. The molecule has 2 aromatic heterocycles. The molecule has 26 heavy (non-hydrogen) atoms. The Hall–Kier alpha value is -3.12. The molecule has 0 fully saturated rings. The number of pyridine rings is 1. The van der Waals surface area contributed by atoms with Crippen LogP contribution in [-0.4, -0.2) is 25.1 Å². The fraction of sp³-hybridized carbons (Fsp3) is 0.150. The van der Waals surface area contributed by atoms with Crippen molar-refractivity contribution in [2.75, 3.05) is 0 Å². The normalized spacial score (nSPS) is 12.4. The van der Waals surface area contributed by atoms with Crippen LogP contribution >= 0.6 is 0 Å². The van der Waals surface area contributed by atoms with Crippen LogP contribution in [0.15, 0.2) is 60.9 Å². The van der Waals surface area contributed by atoms with E-state index in [4.69, 9.17) is 0 Å². The van der Waals surface area contributed by atoms with Gasteiger partial charge in [0.1, 0.15) is 5.82 Å². The molecule has 0 saturated heterocycles. The summed E-state index contributed by atoms with van der Waals surface area (Å²) in [6.45, 7) is 2.27. The van der Waals surface area contributed by atoms with E-state index in [1.165, 1.54) is 12.1 Å². The van der Waals surface area contributed by atoms with E-state index in [0.29, 0.717) is 12.2 Å². The van der Waals surface area contributed by atoms with Crippen molar-refractivity contribution in [2.45, 2.75) is 19.6 Å². The zero-order valence-electron chi connectivity index (χ0n) is 14.2. The molecule has 0 saturated carbocycles. The third-order valence-corrected chi connectivity index (χ3v) is 4.29. The minimum absolute atomic E-state index is 0.280. The minimum Gasteiger partial charge on any atom is -0.387 e. The number of benzene rings is 2. The van der Waals surface area contributed by atoms with E-state index in [9.17, 15) is 9.50 Å². The van der Waals surface area contributed by atoms with Crippen LogP contribution in [0.25, 0.3) is 22.0 Å². The maximum Gasteiger partial charge on any atom is 0.123 e. The molecule has 2 heterocycles. The molecule has 0 aliphatic carbocycles. The molecule has 0 amide bonds. The van der Waals surface area contributed by atoms with Crippen molar-refractivity contribution in [2.24, 2.45) is 0 Å². The van der Waals surface area contributed by atoms with Crippen LogP contribution in [0, 0.1) is 5.82 Å². The zero-order valence-corrected chi connectivity index (χ0v) is 14.2. The first-order valence-corrected chi connectivity index (χ1v) is 8.32. The van der Waals surface area contributed by atoms with Gasteiger partial charge in [0.2, 0.25) is 0 Å². The maximum atomic E-state index is 13.3. The number of aromatic nitrogens is 4. The van der Waals surface area contributed by atoms with Gasteiger partial charge in [-0.2, -0.15) is 0 Å². The molecule has 1 unspecified atom stereocenters. The summed E-state index contributed by atoms with van der Waals surface area (Å²) < 4.78 is 15.0. The Morgan fingerprint density at radius 1 is 1.12 bits per heavy atom. The Bertz CT molecular complexity index is 1040. The van der Waals surface area contributed by atoms with Crippen molar-refractivity contribution in [3.05, 3.63) is 78.0 Å². The molecule has 1 N–H and O–H groups in total. The second-order valence-electron chi connectivity index (χ2n) is 6.23. The maximum absolute atomic E-state index is 13.3. The van der Waals surface area contributed by atoms with E-state index in [1.807, 2.05) is 24.3 Å². The van der Waals surface area contributed by atoms with Crippen LogP contribution in [0.5, 0.6) is 0 Å². The van der Waals surface area contributed by atoms with Gasteiger partial charge in [-0.1, -0.05) is 29.5 Å². The minimum atomic E-state index is -0.697. The Kier molecular flexibility index (Phi) is 4.18. The number of hydrogen-bond donors (Lipinski definition) is 1. The van der Waals surface area contributed by atoms with Gasteiger partial charge in [-0.3, -0.25) is 4.98 Å². The largest absolute Gasteiger partial charge is 0.387 e. The molecule has 4 rings (SSSR count). The van der Waals surface area contributed by atoms with Gasteiger partial charge in [0, 0.05) is 11.6 Å². The van der Waals surface area contributed by atoms with Gasteiger partial charge in [-0.15, -0.1) is 5.10 Å². The van der Waals surface area contributed by atoms with Crippen molar-refractivity contribution in [3.63, 3.8) is 0 Å². The molecule has 1 atom stereocenters. The first-order valence-electron chi connectivity index (χ1n) is 8.32. The third-order valence-electron chi connectivity index (χ3n) is 4.29. The summed E-state index contributed by atoms with van der Waals surface area (Å²) in [7, 11) is 0. The van der Waals surface area contributed by atoms with E-state index < -0.39 is 6.10 Å². The summed E-state index contributed by atoms with van der Waals surface area (Å²) in [4.78, 5) is 4.60. The highest BCUT2D eigenvalue weighted by Gasteiger charge is 2.12. The Morgan fingerprint density at radius 3 is 2.62 bits per heavy atom. The highest BCUT2D eigenvalue weighted by Crippen LogP contribution is 2.31. The van der Waals surface area contributed by atoms with Crippen molar-refractivity contribution in [1.29, 1.82) is 0 Å². The summed E-state index contributed by atoms with van der Waals surface area (Å²) in [6.07, 6.45) is 2.74. The summed E-state index contributed by atoms with van der Waals surface area (Å²) in [5, 5.41) is 18.8. The van der Waals surface area contributed by atoms with Crippen LogP contribution < -0.4 is 0 Å². The molecule has 2 aromatic carbocycles. The lowest BCUT2D eigenvalue weighted by atomic mass is 9.98. The smallest absolute Gasteiger partial charge is 0.123 e. The fourth-order valence-corrected chi connectivity index (χ4v) is 2.98. The van der Waals surface area contributed by atoms with Crippen LogP contribution in [-0.2, 0) is 6.54 Å². The van der Waals surface area contributed by atoms with Gasteiger partial charge in [-0.25, -0.2) is 9.07 Å². The number of nitrogens with zero attached hydrogens (tertiary/aromatic N) is 4. The lowest BCUT2D eigenvalue weighted by Gasteiger charge is -2.13. The molecule has 0 aliphatic rings. The Morgan fingerprint density at radius 2 is 1.92 bits per heavy atom. The van der Waals surface area contributed by atoms with Crippen molar-refractivity contribution in [1.82, 2.24) is 20.0 Å². The number of aliphatic hydroxyl groups excluding tert-OH is 1. The molecule has 0 aliphatic heterocycles. The second-order valence-corrected chi connectivity index (χ2v) is 6.23. The predicted molar refractivity (Wildman–Crippen MR) is 96.9 cm³/mol. The van der Waals surface area contributed by atoms with Gasteiger partial charge in [0.15, 0.2) is 0 Å². The van der Waals surface area contributed by atoms with Crippen LogP contribution in [0.3, 0.4) is 0 Å². The molecule has 0 spiro atoms. The van der Waals surface area contributed by atoms with Crippen molar-refractivity contribution < 1.29 is 9.50 Å². The molecule has 0 bridgehead atoms. The van der Waals surface area contributed by atoms with Gasteiger partial charge in [-0.05, 0) is 47.9 Å². The predicted octanol–water partition coefficient (Wildman–Crippen LogP) is 3.73. The van der Waals surface area contributed by atoms with E-state index in [-0.39, 0.29) is 5.82 Å². The standard InChI is InChI=1S/C20H17FN4O/c1-13(26)19-11-18(15-3-5-16(21)6-4-15)17-7-2-14(10-20(17)23-19)12-25-9-8-22-24-25/h2-11,13,26H,12H2,1H3. The Balaban J connectivity index is 1.86. The second kappa shape index (κ2) is 6.65. The average Bonchev–Trinajstić information content (AvgIpc) is 3.14.